The molecule has 1 unspecified atom stereocenters. The number of hydrogen-bond acceptors (Lipinski definition) is 3. The van der Waals surface area contributed by atoms with Crippen molar-refractivity contribution in [2.24, 2.45) is 5.92 Å². The lowest BCUT2D eigenvalue weighted by atomic mass is 10.0. The van der Waals surface area contributed by atoms with Crippen LogP contribution in [-0.2, 0) is 11.3 Å². The molecule has 0 spiro atoms. The molecule has 7 heteroatoms. The van der Waals surface area contributed by atoms with Crippen LogP contribution in [0.1, 0.15) is 31.4 Å². The van der Waals surface area contributed by atoms with Crippen molar-refractivity contribution in [1.82, 2.24) is 10.6 Å². The molecule has 0 aromatic heterocycles. The number of rotatable bonds is 7. The normalized spacial score (nSPS) is 11.8. The molecule has 2 aromatic rings. The highest BCUT2D eigenvalue weighted by Crippen LogP contribution is 2.26. The Hall–Kier alpha value is -2.73. The highest BCUT2D eigenvalue weighted by molar-refractivity contribution is 6.32. The fourth-order valence-electron chi connectivity index (χ4n) is 2.61. The van der Waals surface area contributed by atoms with Crippen LogP contribution in [0.4, 0.5) is 10.5 Å². The summed E-state index contributed by atoms with van der Waals surface area (Å²) in [5.74, 6) is -0.204. The average molecular weight is 404 g/mol. The number of phenols is 1. The van der Waals surface area contributed by atoms with Gasteiger partial charge in [-0.05, 0) is 43.0 Å². The third kappa shape index (κ3) is 6.78. The fraction of sp³-hybridized carbons (Fsp3) is 0.333. The number of nitrogens with one attached hydrogen (secondary N) is 3. The minimum absolute atomic E-state index is 0.0630. The summed E-state index contributed by atoms with van der Waals surface area (Å²) < 4.78 is 0. The van der Waals surface area contributed by atoms with E-state index in [4.69, 9.17) is 11.6 Å². The number of amides is 3. The number of carbonyl (C=O) groups is 2. The van der Waals surface area contributed by atoms with Crippen LogP contribution < -0.4 is 16.0 Å². The SMILES string of the molecule is Cc1ccc(CNC(=O)NC(CC(C)C)C(=O)Nc2ccc(O)c(Cl)c2)cc1. The first-order valence-electron chi connectivity index (χ1n) is 9.14. The molecule has 0 aliphatic rings. The van der Waals surface area contributed by atoms with Gasteiger partial charge in [0.05, 0.1) is 5.02 Å². The van der Waals surface area contributed by atoms with Crippen molar-refractivity contribution >= 4 is 29.2 Å². The van der Waals surface area contributed by atoms with Crippen molar-refractivity contribution in [3.8, 4) is 5.75 Å². The van der Waals surface area contributed by atoms with E-state index in [1.54, 1.807) is 6.07 Å². The van der Waals surface area contributed by atoms with Gasteiger partial charge in [-0.3, -0.25) is 4.79 Å². The first-order chi connectivity index (χ1) is 13.2. The van der Waals surface area contributed by atoms with Crippen LogP contribution >= 0.6 is 11.6 Å². The number of aryl methyl sites for hydroxylation is 1. The molecule has 0 saturated heterocycles. The van der Waals surface area contributed by atoms with Crippen LogP contribution in [0.25, 0.3) is 0 Å². The van der Waals surface area contributed by atoms with E-state index in [-0.39, 0.29) is 22.6 Å². The standard InChI is InChI=1S/C21H26ClN3O3/c1-13(2)10-18(20(27)24-16-8-9-19(26)17(22)11-16)25-21(28)23-12-15-6-4-14(3)5-7-15/h4-9,11,13,18,26H,10,12H2,1-3H3,(H,24,27)(H2,23,25,28). The first-order valence-corrected chi connectivity index (χ1v) is 9.51. The van der Waals surface area contributed by atoms with Gasteiger partial charge in [0.15, 0.2) is 0 Å². The predicted molar refractivity (Wildman–Crippen MR) is 112 cm³/mol. The maximum atomic E-state index is 12.6. The molecule has 0 aliphatic heterocycles. The van der Waals surface area contributed by atoms with E-state index in [1.165, 1.54) is 12.1 Å². The average Bonchev–Trinajstić information content (AvgIpc) is 2.63. The highest BCUT2D eigenvalue weighted by atomic mass is 35.5. The molecule has 0 heterocycles. The van der Waals surface area contributed by atoms with E-state index in [1.807, 2.05) is 45.0 Å². The van der Waals surface area contributed by atoms with Crippen molar-refractivity contribution in [2.75, 3.05) is 5.32 Å². The second-order valence-corrected chi connectivity index (χ2v) is 7.56. The van der Waals surface area contributed by atoms with E-state index in [0.29, 0.717) is 18.7 Å². The Balaban J connectivity index is 1.96. The second kappa shape index (κ2) is 9.99. The van der Waals surface area contributed by atoms with Crippen molar-refractivity contribution in [2.45, 2.75) is 39.8 Å². The molecule has 6 nitrogen and oxygen atoms in total. The summed E-state index contributed by atoms with van der Waals surface area (Å²) in [5, 5.41) is 17.9. The number of carbonyl (C=O) groups excluding carboxylic acids is 2. The van der Waals surface area contributed by atoms with Gasteiger partial charge in [0.1, 0.15) is 11.8 Å². The monoisotopic (exact) mass is 403 g/mol. The lowest BCUT2D eigenvalue weighted by Gasteiger charge is -2.20. The Morgan fingerprint density at radius 1 is 1.11 bits per heavy atom. The Labute approximate surface area is 170 Å². The van der Waals surface area contributed by atoms with Crippen LogP contribution in [0.15, 0.2) is 42.5 Å². The summed E-state index contributed by atoms with van der Waals surface area (Å²) in [4.78, 5) is 24.9. The lowest BCUT2D eigenvalue weighted by molar-refractivity contribution is -0.118. The molecule has 0 radical (unpaired) electrons. The second-order valence-electron chi connectivity index (χ2n) is 7.15. The van der Waals surface area contributed by atoms with Crippen LogP contribution in [0, 0.1) is 12.8 Å². The van der Waals surface area contributed by atoms with Crippen LogP contribution in [0.3, 0.4) is 0 Å². The van der Waals surface area contributed by atoms with Crippen molar-refractivity contribution in [3.05, 3.63) is 58.6 Å². The Morgan fingerprint density at radius 3 is 2.39 bits per heavy atom. The van der Waals surface area contributed by atoms with Gasteiger partial charge in [-0.25, -0.2) is 4.79 Å². The Bertz CT molecular complexity index is 822. The van der Waals surface area contributed by atoms with Crippen molar-refractivity contribution < 1.29 is 14.7 Å². The number of halogens is 1. The first kappa shape index (κ1) is 21.6. The number of phenolic OH excluding ortho intramolecular Hbond substituents is 1. The van der Waals surface area contributed by atoms with Gasteiger partial charge in [-0.1, -0.05) is 55.3 Å². The summed E-state index contributed by atoms with van der Waals surface area (Å²) in [5.41, 5.74) is 2.57. The molecular weight excluding hydrogens is 378 g/mol. The summed E-state index contributed by atoms with van der Waals surface area (Å²) in [6, 6.07) is 11.1. The largest absolute Gasteiger partial charge is 0.506 e. The summed E-state index contributed by atoms with van der Waals surface area (Å²) in [6.45, 7) is 6.32. The van der Waals surface area contributed by atoms with Crippen molar-refractivity contribution in [1.29, 1.82) is 0 Å². The van der Waals surface area contributed by atoms with Gasteiger partial charge in [0.25, 0.3) is 0 Å². The topological polar surface area (TPSA) is 90.5 Å². The molecule has 4 N–H and O–H groups in total. The van der Waals surface area contributed by atoms with Crippen molar-refractivity contribution in [3.63, 3.8) is 0 Å². The van der Waals surface area contributed by atoms with Gasteiger partial charge < -0.3 is 21.1 Å². The number of urea groups is 1. The maximum Gasteiger partial charge on any atom is 0.315 e. The van der Waals surface area contributed by atoms with E-state index in [0.717, 1.165) is 11.1 Å². The number of benzene rings is 2. The molecule has 1 atom stereocenters. The molecule has 0 fully saturated rings. The Morgan fingerprint density at radius 2 is 1.79 bits per heavy atom. The van der Waals surface area contributed by atoms with Gasteiger partial charge >= 0.3 is 6.03 Å². The summed E-state index contributed by atoms with van der Waals surface area (Å²) in [6.07, 6.45) is 0.482. The zero-order chi connectivity index (χ0) is 20.7. The fourth-order valence-corrected chi connectivity index (χ4v) is 2.80. The minimum Gasteiger partial charge on any atom is -0.506 e. The number of anilines is 1. The minimum atomic E-state index is -0.703. The molecule has 0 saturated carbocycles. The van der Waals surface area contributed by atoms with Crippen LogP contribution in [-0.4, -0.2) is 23.1 Å². The third-order valence-electron chi connectivity index (χ3n) is 4.12. The third-order valence-corrected chi connectivity index (χ3v) is 4.42. The van der Waals surface area contributed by atoms with Gasteiger partial charge in [0, 0.05) is 12.2 Å². The number of aromatic hydroxyl groups is 1. The van der Waals surface area contributed by atoms with Gasteiger partial charge in [-0.2, -0.15) is 0 Å². The van der Waals surface area contributed by atoms with E-state index >= 15 is 0 Å². The van der Waals surface area contributed by atoms with Crippen LogP contribution in [0.5, 0.6) is 5.75 Å². The molecular formula is C21H26ClN3O3. The molecule has 150 valence electrons. The molecule has 28 heavy (non-hydrogen) atoms. The van der Waals surface area contributed by atoms with Gasteiger partial charge in [0.2, 0.25) is 5.91 Å². The quantitative estimate of drug-likeness (QED) is 0.522. The Kier molecular flexibility index (Phi) is 7.70. The molecule has 2 rings (SSSR count). The predicted octanol–water partition coefficient (Wildman–Crippen LogP) is 4.21. The van der Waals surface area contributed by atoms with Crippen LogP contribution in [0.2, 0.25) is 5.02 Å². The van der Waals surface area contributed by atoms with E-state index in [9.17, 15) is 14.7 Å². The smallest absolute Gasteiger partial charge is 0.315 e. The molecule has 3 amide bonds. The molecule has 2 aromatic carbocycles. The number of hydrogen-bond donors (Lipinski definition) is 4. The lowest BCUT2D eigenvalue weighted by Crippen LogP contribution is -2.48. The summed E-state index contributed by atoms with van der Waals surface area (Å²) in [7, 11) is 0. The maximum absolute atomic E-state index is 12.6. The highest BCUT2D eigenvalue weighted by Gasteiger charge is 2.22. The van der Waals surface area contributed by atoms with Gasteiger partial charge in [-0.15, -0.1) is 0 Å². The molecule has 0 aliphatic carbocycles. The zero-order valence-corrected chi connectivity index (χ0v) is 17.0. The molecule has 0 bridgehead atoms. The van der Waals surface area contributed by atoms with E-state index < -0.39 is 12.1 Å². The zero-order valence-electron chi connectivity index (χ0n) is 16.3. The summed E-state index contributed by atoms with van der Waals surface area (Å²) >= 11 is 5.87. The van der Waals surface area contributed by atoms with E-state index in [2.05, 4.69) is 16.0 Å².